The minimum absolute atomic E-state index is 0.124. The van der Waals surface area contributed by atoms with Gasteiger partial charge in [0.25, 0.3) is 0 Å². The van der Waals surface area contributed by atoms with Crippen LogP contribution in [0.2, 0.25) is 5.02 Å². The molecule has 0 aliphatic rings. The van der Waals surface area contributed by atoms with Gasteiger partial charge in [-0.25, -0.2) is 0 Å². The Morgan fingerprint density at radius 1 is 1.39 bits per heavy atom. The number of benzene rings is 1. The van der Waals surface area contributed by atoms with Crippen LogP contribution in [-0.4, -0.2) is 19.9 Å². The van der Waals surface area contributed by atoms with Crippen LogP contribution in [0.3, 0.4) is 0 Å². The molecule has 0 fully saturated rings. The van der Waals surface area contributed by atoms with Gasteiger partial charge in [-0.1, -0.05) is 34.5 Å². The summed E-state index contributed by atoms with van der Waals surface area (Å²) in [6, 6.07) is 5.62. The summed E-state index contributed by atoms with van der Waals surface area (Å²) in [7, 11) is 0. The number of halogens is 2. The predicted octanol–water partition coefficient (Wildman–Crippen LogP) is 3.26. The van der Waals surface area contributed by atoms with Crippen molar-refractivity contribution in [3.8, 4) is 11.4 Å². The van der Waals surface area contributed by atoms with Crippen LogP contribution in [0.15, 0.2) is 22.7 Å². The molecule has 0 aliphatic carbocycles. The van der Waals surface area contributed by atoms with Gasteiger partial charge < -0.3 is 9.67 Å². The van der Waals surface area contributed by atoms with Crippen molar-refractivity contribution in [3.05, 3.63) is 33.5 Å². The van der Waals surface area contributed by atoms with Crippen LogP contribution in [0.25, 0.3) is 11.4 Å². The van der Waals surface area contributed by atoms with E-state index in [0.29, 0.717) is 16.7 Å². The number of hydrogen-bond donors (Lipinski definition) is 1. The van der Waals surface area contributed by atoms with Gasteiger partial charge in [0, 0.05) is 16.6 Å². The Bertz CT molecular complexity index is 556. The lowest BCUT2D eigenvalue weighted by molar-refractivity contribution is 0.264. The Labute approximate surface area is 119 Å². The first-order valence-electron chi connectivity index (χ1n) is 5.65. The largest absolute Gasteiger partial charge is 0.388 e. The van der Waals surface area contributed by atoms with Crippen LogP contribution in [0.1, 0.15) is 19.2 Å². The summed E-state index contributed by atoms with van der Waals surface area (Å²) >= 11 is 9.58. The summed E-state index contributed by atoms with van der Waals surface area (Å²) in [5.74, 6) is 1.25. The third-order valence-electron chi connectivity index (χ3n) is 2.59. The smallest absolute Gasteiger partial charge is 0.165 e. The lowest BCUT2D eigenvalue weighted by atomic mass is 10.2. The van der Waals surface area contributed by atoms with Gasteiger partial charge in [-0.15, -0.1) is 10.2 Å². The van der Waals surface area contributed by atoms with Crippen molar-refractivity contribution >= 4 is 27.5 Å². The molecule has 2 aromatic rings. The topological polar surface area (TPSA) is 50.9 Å². The van der Waals surface area contributed by atoms with Gasteiger partial charge in [-0.05, 0) is 24.6 Å². The second-order valence-corrected chi connectivity index (χ2v) is 5.20. The zero-order chi connectivity index (χ0) is 13.1. The van der Waals surface area contributed by atoms with Gasteiger partial charge in [0.1, 0.15) is 6.61 Å². The average Bonchev–Trinajstić information content (AvgIpc) is 2.73. The summed E-state index contributed by atoms with van der Waals surface area (Å²) in [5.41, 5.74) is 0.820. The Kier molecular flexibility index (Phi) is 4.37. The second-order valence-electron chi connectivity index (χ2n) is 3.87. The number of hydrogen-bond acceptors (Lipinski definition) is 3. The first kappa shape index (κ1) is 13.5. The van der Waals surface area contributed by atoms with Gasteiger partial charge in [0.05, 0.1) is 5.02 Å². The highest BCUT2D eigenvalue weighted by atomic mass is 79.9. The molecule has 2 rings (SSSR count). The van der Waals surface area contributed by atoms with Crippen LogP contribution < -0.4 is 0 Å². The molecule has 6 heteroatoms. The van der Waals surface area contributed by atoms with Crippen LogP contribution in [-0.2, 0) is 13.2 Å². The number of rotatable bonds is 4. The molecular formula is C12H13BrClN3O. The Hall–Kier alpha value is -0.910. The fourth-order valence-electron chi connectivity index (χ4n) is 1.78. The summed E-state index contributed by atoms with van der Waals surface area (Å²) < 4.78 is 2.81. The van der Waals surface area contributed by atoms with Gasteiger partial charge >= 0.3 is 0 Å². The molecule has 96 valence electrons. The molecule has 0 spiro atoms. The first-order chi connectivity index (χ1) is 8.67. The Morgan fingerprint density at radius 2 is 2.17 bits per heavy atom. The summed E-state index contributed by atoms with van der Waals surface area (Å²) in [5, 5.41) is 18.0. The van der Waals surface area contributed by atoms with Crippen LogP contribution in [0.5, 0.6) is 0 Å². The van der Waals surface area contributed by atoms with E-state index < -0.39 is 0 Å². The second kappa shape index (κ2) is 5.82. The monoisotopic (exact) mass is 329 g/mol. The molecular weight excluding hydrogens is 318 g/mol. The summed E-state index contributed by atoms with van der Waals surface area (Å²) in [6.07, 6.45) is 0.937. The Morgan fingerprint density at radius 3 is 2.78 bits per heavy atom. The molecule has 0 saturated heterocycles. The molecule has 0 atom stereocenters. The highest BCUT2D eigenvalue weighted by Gasteiger charge is 2.15. The van der Waals surface area contributed by atoms with E-state index in [0.717, 1.165) is 23.0 Å². The van der Waals surface area contributed by atoms with Gasteiger partial charge in [-0.3, -0.25) is 0 Å². The molecule has 1 heterocycles. The van der Waals surface area contributed by atoms with E-state index in [-0.39, 0.29) is 6.61 Å². The van der Waals surface area contributed by atoms with E-state index in [1.165, 1.54) is 0 Å². The molecule has 0 bridgehead atoms. The van der Waals surface area contributed by atoms with Crippen molar-refractivity contribution in [1.29, 1.82) is 0 Å². The zero-order valence-electron chi connectivity index (χ0n) is 9.90. The SMILES string of the molecule is CCCn1c(CO)nnc1-c1ccc(Br)cc1Cl. The predicted molar refractivity (Wildman–Crippen MR) is 74.4 cm³/mol. The molecule has 0 radical (unpaired) electrons. The molecule has 0 amide bonds. The normalized spacial score (nSPS) is 10.9. The number of aliphatic hydroxyl groups is 1. The van der Waals surface area contributed by atoms with Crippen molar-refractivity contribution in [2.45, 2.75) is 26.5 Å². The van der Waals surface area contributed by atoms with Gasteiger partial charge in [0.2, 0.25) is 0 Å². The lowest BCUT2D eigenvalue weighted by Crippen LogP contribution is -2.05. The fourth-order valence-corrected chi connectivity index (χ4v) is 2.54. The molecule has 1 aromatic carbocycles. The summed E-state index contributed by atoms with van der Waals surface area (Å²) in [4.78, 5) is 0. The maximum atomic E-state index is 9.25. The van der Waals surface area contributed by atoms with Crippen molar-refractivity contribution in [2.24, 2.45) is 0 Å². The van der Waals surface area contributed by atoms with Crippen LogP contribution >= 0.6 is 27.5 Å². The van der Waals surface area contributed by atoms with E-state index in [1.807, 2.05) is 22.8 Å². The third-order valence-corrected chi connectivity index (χ3v) is 3.39. The minimum atomic E-state index is -0.124. The fraction of sp³-hybridized carbons (Fsp3) is 0.333. The molecule has 0 saturated carbocycles. The zero-order valence-corrected chi connectivity index (χ0v) is 12.2. The highest BCUT2D eigenvalue weighted by Crippen LogP contribution is 2.29. The van der Waals surface area contributed by atoms with E-state index in [9.17, 15) is 5.11 Å². The van der Waals surface area contributed by atoms with Crippen molar-refractivity contribution in [1.82, 2.24) is 14.8 Å². The minimum Gasteiger partial charge on any atom is -0.388 e. The van der Waals surface area contributed by atoms with Gasteiger partial charge in [-0.2, -0.15) is 0 Å². The number of aromatic nitrogens is 3. The van der Waals surface area contributed by atoms with Crippen molar-refractivity contribution in [3.63, 3.8) is 0 Å². The van der Waals surface area contributed by atoms with E-state index in [4.69, 9.17) is 11.6 Å². The molecule has 18 heavy (non-hydrogen) atoms. The average molecular weight is 331 g/mol. The highest BCUT2D eigenvalue weighted by molar-refractivity contribution is 9.10. The molecule has 4 nitrogen and oxygen atoms in total. The van der Waals surface area contributed by atoms with Crippen molar-refractivity contribution in [2.75, 3.05) is 0 Å². The quantitative estimate of drug-likeness (QED) is 0.936. The summed E-state index contributed by atoms with van der Waals surface area (Å²) in [6.45, 7) is 2.69. The Balaban J connectivity index is 2.52. The van der Waals surface area contributed by atoms with E-state index in [1.54, 1.807) is 0 Å². The van der Waals surface area contributed by atoms with Crippen LogP contribution in [0.4, 0.5) is 0 Å². The molecule has 0 unspecified atom stereocenters. The standard InChI is InChI=1S/C12H13BrClN3O/c1-2-5-17-11(7-18)15-16-12(17)9-4-3-8(13)6-10(9)14/h3-4,6,18H,2,5,7H2,1H3. The van der Waals surface area contributed by atoms with Crippen molar-refractivity contribution < 1.29 is 5.11 Å². The molecule has 0 aliphatic heterocycles. The lowest BCUT2D eigenvalue weighted by Gasteiger charge is -2.09. The maximum absolute atomic E-state index is 9.25. The molecule has 1 aromatic heterocycles. The van der Waals surface area contributed by atoms with E-state index >= 15 is 0 Å². The number of nitrogens with zero attached hydrogens (tertiary/aromatic N) is 3. The van der Waals surface area contributed by atoms with Crippen LogP contribution in [0, 0.1) is 0 Å². The third kappa shape index (κ3) is 2.58. The first-order valence-corrected chi connectivity index (χ1v) is 6.82. The molecule has 1 N–H and O–H groups in total. The van der Waals surface area contributed by atoms with Gasteiger partial charge in [0.15, 0.2) is 11.6 Å². The van der Waals surface area contributed by atoms with E-state index in [2.05, 4.69) is 33.1 Å². The number of aliphatic hydroxyl groups excluding tert-OH is 1. The maximum Gasteiger partial charge on any atom is 0.165 e.